The van der Waals surface area contributed by atoms with Crippen molar-refractivity contribution in [3.05, 3.63) is 48.2 Å². The summed E-state index contributed by atoms with van der Waals surface area (Å²) in [5, 5.41) is 12.7. The molecule has 0 spiro atoms. The second-order valence-electron chi connectivity index (χ2n) is 6.50. The zero-order valence-electron chi connectivity index (χ0n) is 16.1. The van der Waals surface area contributed by atoms with E-state index in [-0.39, 0.29) is 26.4 Å². The van der Waals surface area contributed by atoms with E-state index in [2.05, 4.69) is 20.3 Å². The van der Waals surface area contributed by atoms with Crippen LogP contribution in [0.25, 0.3) is 15.9 Å². The van der Waals surface area contributed by atoms with E-state index in [1.807, 2.05) is 0 Å². The number of thiazole rings is 1. The normalized spacial score (nSPS) is 12.7. The molecule has 2 aromatic heterocycles. The monoisotopic (exact) mass is 494 g/mol. The van der Waals surface area contributed by atoms with Gasteiger partial charge in [-0.2, -0.15) is 21.9 Å². The van der Waals surface area contributed by atoms with Gasteiger partial charge < -0.3 is 5.73 Å². The molecule has 0 unspecified atom stereocenters. The van der Waals surface area contributed by atoms with Crippen LogP contribution in [0.3, 0.4) is 0 Å². The topological polar surface area (TPSA) is 190 Å². The van der Waals surface area contributed by atoms with E-state index >= 15 is 0 Å². The van der Waals surface area contributed by atoms with Gasteiger partial charge in [0.1, 0.15) is 0 Å². The number of aromatic nitrogens is 3. The van der Waals surface area contributed by atoms with Crippen molar-refractivity contribution in [2.24, 2.45) is 10.2 Å². The van der Waals surface area contributed by atoms with Crippen molar-refractivity contribution in [1.82, 2.24) is 14.8 Å². The van der Waals surface area contributed by atoms with E-state index in [0.29, 0.717) is 21.6 Å². The summed E-state index contributed by atoms with van der Waals surface area (Å²) in [6.45, 7) is 1.66. The Morgan fingerprint density at radius 1 is 0.969 bits per heavy atom. The first-order chi connectivity index (χ1) is 14.9. The van der Waals surface area contributed by atoms with Crippen LogP contribution in [0.15, 0.2) is 62.5 Å². The maximum Gasteiger partial charge on any atom is 0.294 e. The molecular weight excluding hydrogens is 480 g/mol. The molecule has 166 valence electrons. The molecule has 0 amide bonds. The highest BCUT2D eigenvalue weighted by atomic mass is 32.2. The van der Waals surface area contributed by atoms with E-state index in [4.69, 9.17) is 14.8 Å². The van der Waals surface area contributed by atoms with Crippen molar-refractivity contribution in [2.45, 2.75) is 16.7 Å². The number of azo groups is 1. The number of nitrogens with zero attached hydrogens (tertiary/aromatic N) is 5. The fourth-order valence-corrected chi connectivity index (χ4v) is 4.69. The summed E-state index contributed by atoms with van der Waals surface area (Å²) in [6.07, 6.45) is 0. The average Bonchev–Trinajstić information content (AvgIpc) is 3.24. The van der Waals surface area contributed by atoms with E-state index < -0.39 is 20.2 Å². The van der Waals surface area contributed by atoms with Crippen LogP contribution in [0.1, 0.15) is 5.69 Å². The number of nitrogens with two attached hydrogens (primary N) is 1. The van der Waals surface area contributed by atoms with Crippen molar-refractivity contribution in [3.63, 3.8) is 0 Å². The first-order valence-electron chi connectivity index (χ1n) is 8.66. The number of hydrogen-bond acceptors (Lipinski definition) is 10. The zero-order chi connectivity index (χ0) is 23.3. The SMILES string of the molecule is Cc1nn(-c2ccc(S(=O)(=O)O)cc2)c(N)c1/N=N/c1nc2ccc(S(=O)(=O)O)cc2s1. The largest absolute Gasteiger partial charge is 0.382 e. The number of hydrogen-bond donors (Lipinski definition) is 3. The van der Waals surface area contributed by atoms with Crippen molar-refractivity contribution in [1.29, 1.82) is 0 Å². The third kappa shape index (κ3) is 4.23. The number of aryl methyl sites for hydroxylation is 1. The Morgan fingerprint density at radius 3 is 2.22 bits per heavy atom. The van der Waals surface area contributed by atoms with E-state index in [1.165, 1.54) is 47.1 Å². The molecule has 0 aliphatic carbocycles. The molecule has 32 heavy (non-hydrogen) atoms. The second-order valence-corrected chi connectivity index (χ2v) is 10.4. The van der Waals surface area contributed by atoms with Gasteiger partial charge in [-0.05, 0) is 49.4 Å². The van der Waals surface area contributed by atoms with Gasteiger partial charge in [-0.1, -0.05) is 11.3 Å². The summed E-state index contributed by atoms with van der Waals surface area (Å²) in [5.74, 6) is 0.139. The highest BCUT2D eigenvalue weighted by molar-refractivity contribution is 7.86. The second kappa shape index (κ2) is 7.72. The number of fused-ring (bicyclic) bond motifs is 1. The zero-order valence-corrected chi connectivity index (χ0v) is 18.6. The van der Waals surface area contributed by atoms with E-state index in [0.717, 1.165) is 11.3 Å². The van der Waals surface area contributed by atoms with Crippen molar-refractivity contribution in [3.8, 4) is 5.69 Å². The number of nitrogen functional groups attached to an aromatic ring is 1. The summed E-state index contributed by atoms with van der Waals surface area (Å²) in [5.41, 5.74) is 7.77. The number of benzene rings is 2. The minimum Gasteiger partial charge on any atom is -0.382 e. The summed E-state index contributed by atoms with van der Waals surface area (Å²) in [6, 6.07) is 9.24. The third-order valence-electron chi connectivity index (χ3n) is 4.32. The van der Waals surface area contributed by atoms with Crippen LogP contribution in [-0.2, 0) is 20.2 Å². The molecule has 2 aromatic carbocycles. The predicted molar refractivity (Wildman–Crippen MR) is 116 cm³/mol. The Morgan fingerprint density at radius 2 is 1.59 bits per heavy atom. The molecule has 0 bridgehead atoms. The first-order valence-corrected chi connectivity index (χ1v) is 12.4. The third-order valence-corrected chi connectivity index (χ3v) is 6.94. The van der Waals surface area contributed by atoms with Gasteiger partial charge in [-0.25, -0.2) is 9.67 Å². The first kappa shape index (κ1) is 22.0. The lowest BCUT2D eigenvalue weighted by molar-refractivity contribution is 0.481. The Labute approximate surface area is 185 Å². The molecule has 0 saturated heterocycles. The quantitative estimate of drug-likeness (QED) is 0.276. The van der Waals surface area contributed by atoms with Crippen LogP contribution >= 0.6 is 11.3 Å². The summed E-state index contributed by atoms with van der Waals surface area (Å²) in [7, 11) is -8.66. The molecule has 15 heteroatoms. The minimum absolute atomic E-state index is 0.139. The van der Waals surface area contributed by atoms with Crippen molar-refractivity contribution < 1.29 is 25.9 Å². The van der Waals surface area contributed by atoms with Crippen LogP contribution in [0.2, 0.25) is 0 Å². The van der Waals surface area contributed by atoms with Gasteiger partial charge in [0.05, 0.1) is 31.4 Å². The number of anilines is 1. The molecule has 4 rings (SSSR count). The molecule has 0 aliphatic heterocycles. The highest BCUT2D eigenvalue weighted by Crippen LogP contribution is 2.34. The summed E-state index contributed by atoms with van der Waals surface area (Å²) < 4.78 is 65.1. The minimum atomic E-state index is -4.34. The molecule has 0 aliphatic rings. The van der Waals surface area contributed by atoms with Crippen LogP contribution in [0.4, 0.5) is 16.6 Å². The molecule has 0 atom stereocenters. The molecule has 0 fully saturated rings. The number of rotatable bonds is 5. The molecule has 4 N–H and O–H groups in total. The Balaban J connectivity index is 1.66. The molecule has 2 heterocycles. The lowest BCUT2D eigenvalue weighted by Crippen LogP contribution is -2.03. The molecule has 0 saturated carbocycles. The van der Waals surface area contributed by atoms with E-state index in [9.17, 15) is 16.8 Å². The van der Waals surface area contributed by atoms with Gasteiger partial charge in [-0.15, -0.1) is 10.2 Å². The molecule has 0 radical (unpaired) electrons. The molecule has 4 aromatic rings. The lowest BCUT2D eigenvalue weighted by Gasteiger charge is -2.04. The molecule has 12 nitrogen and oxygen atoms in total. The standard InChI is InChI=1S/C17H14N6O6S3/c1-9-15(16(18)23(22-9)10-2-4-11(5-3-10)31(24,25)26)20-21-17-19-13-7-6-12(32(27,28)29)8-14(13)30-17/h2-8H,18H2,1H3,(H,24,25,26)(H,27,28,29)/b21-20+. The highest BCUT2D eigenvalue weighted by Gasteiger charge is 2.16. The Kier molecular flexibility index (Phi) is 5.30. The van der Waals surface area contributed by atoms with Gasteiger partial charge in [0.15, 0.2) is 11.5 Å². The van der Waals surface area contributed by atoms with Crippen LogP contribution in [0.5, 0.6) is 0 Å². The smallest absolute Gasteiger partial charge is 0.294 e. The summed E-state index contributed by atoms with van der Waals surface area (Å²) in [4.78, 5) is 3.72. The van der Waals surface area contributed by atoms with Crippen LogP contribution in [-0.4, -0.2) is 40.7 Å². The maximum atomic E-state index is 11.3. The average molecular weight is 495 g/mol. The van der Waals surface area contributed by atoms with Crippen LogP contribution < -0.4 is 5.73 Å². The van der Waals surface area contributed by atoms with Gasteiger partial charge in [0.25, 0.3) is 20.2 Å². The van der Waals surface area contributed by atoms with Crippen molar-refractivity contribution in [2.75, 3.05) is 5.73 Å². The molecular formula is C17H14N6O6S3. The summed E-state index contributed by atoms with van der Waals surface area (Å²) >= 11 is 1.07. The van der Waals surface area contributed by atoms with Gasteiger partial charge in [0.2, 0.25) is 5.13 Å². The fraction of sp³-hybridized carbons (Fsp3) is 0.0588. The van der Waals surface area contributed by atoms with Crippen molar-refractivity contribution >= 4 is 58.4 Å². The van der Waals surface area contributed by atoms with Gasteiger partial charge >= 0.3 is 0 Å². The van der Waals surface area contributed by atoms with Crippen LogP contribution in [0, 0.1) is 6.92 Å². The van der Waals surface area contributed by atoms with E-state index in [1.54, 1.807) is 6.92 Å². The fourth-order valence-electron chi connectivity index (χ4n) is 2.81. The lowest BCUT2D eigenvalue weighted by atomic mass is 10.3. The Bertz CT molecular complexity index is 1590. The van der Waals surface area contributed by atoms with Gasteiger partial charge in [0, 0.05) is 0 Å². The van der Waals surface area contributed by atoms with Gasteiger partial charge in [-0.3, -0.25) is 9.11 Å². The Hall–Kier alpha value is -3.24. The predicted octanol–water partition coefficient (Wildman–Crippen LogP) is 3.28. The maximum absolute atomic E-state index is 11.3.